The summed E-state index contributed by atoms with van der Waals surface area (Å²) < 4.78 is 5.49. The first-order valence-corrected chi connectivity index (χ1v) is 10.1. The molecule has 1 fully saturated rings. The Balaban J connectivity index is 1.52. The van der Waals surface area contributed by atoms with Crippen LogP contribution in [0.25, 0.3) is 10.8 Å². The smallest absolute Gasteiger partial charge is 0.410 e. The molecule has 2 aliphatic rings. The summed E-state index contributed by atoms with van der Waals surface area (Å²) in [5, 5.41) is 5.79. The number of carbonyl (C=O) groups excluding carboxylic acids is 1. The molecule has 0 atom stereocenters. The number of rotatable bonds is 1. The fraction of sp³-hybridized carbons (Fsp3) is 0.409. The van der Waals surface area contributed by atoms with E-state index in [9.17, 15) is 4.79 Å². The Morgan fingerprint density at radius 2 is 1.82 bits per heavy atom. The molecule has 0 saturated carbocycles. The number of hydrogen-bond acceptors (Lipinski definition) is 4. The molecule has 0 aliphatic carbocycles. The van der Waals surface area contributed by atoms with Gasteiger partial charge < -0.3 is 15.0 Å². The van der Waals surface area contributed by atoms with E-state index in [2.05, 4.69) is 35.6 Å². The van der Waals surface area contributed by atoms with Crippen molar-refractivity contribution >= 4 is 39.8 Å². The Kier molecular flexibility index (Phi) is 4.62. The van der Waals surface area contributed by atoms with E-state index < -0.39 is 11.3 Å². The zero-order valence-corrected chi connectivity index (χ0v) is 17.3. The van der Waals surface area contributed by atoms with Crippen LogP contribution < -0.4 is 5.32 Å². The van der Waals surface area contributed by atoms with E-state index in [1.54, 1.807) is 4.90 Å². The predicted molar refractivity (Wildman–Crippen MR) is 116 cm³/mol. The van der Waals surface area contributed by atoms with Crippen LogP contribution in [0, 0.1) is 0 Å². The summed E-state index contributed by atoms with van der Waals surface area (Å²) in [5.41, 5.74) is 0.964. The molecule has 4 rings (SSSR count). The number of ether oxygens (including phenoxy) is 1. The average Bonchev–Trinajstić information content (AvgIpc) is 2.96. The molecule has 0 aromatic heterocycles. The lowest BCUT2D eigenvalue weighted by atomic mass is 9.98. The molecule has 1 saturated heterocycles. The minimum absolute atomic E-state index is 0.262. The third-order valence-corrected chi connectivity index (χ3v) is 5.45. The van der Waals surface area contributed by atoms with Crippen molar-refractivity contribution in [2.45, 2.75) is 44.9 Å². The number of fused-ring (bicyclic) bond motifs is 1. The van der Waals surface area contributed by atoms with Crippen LogP contribution >= 0.6 is 12.2 Å². The molecule has 1 spiro atoms. The van der Waals surface area contributed by atoms with Crippen LogP contribution in [-0.4, -0.2) is 46.0 Å². The van der Waals surface area contributed by atoms with Crippen molar-refractivity contribution in [3.05, 3.63) is 48.0 Å². The molecular weight excluding hydrogens is 370 g/mol. The van der Waals surface area contributed by atoms with E-state index in [1.165, 1.54) is 10.8 Å². The number of thiocarbonyl (C=S) groups is 1. The van der Waals surface area contributed by atoms with Gasteiger partial charge in [0.2, 0.25) is 0 Å². The lowest BCUT2D eigenvalue weighted by Gasteiger charge is -2.38. The molecule has 0 bridgehead atoms. The highest BCUT2D eigenvalue weighted by Gasteiger charge is 2.42. The second-order valence-corrected chi connectivity index (χ2v) is 8.88. The number of aliphatic imine (C=N–C) groups is 1. The molecule has 2 heterocycles. The first-order valence-electron chi connectivity index (χ1n) is 9.64. The largest absolute Gasteiger partial charge is 0.444 e. The zero-order chi connectivity index (χ0) is 19.9. The number of nitrogens with one attached hydrogen (secondary N) is 1. The Bertz CT molecular complexity index is 969. The van der Waals surface area contributed by atoms with Crippen LogP contribution in [-0.2, 0) is 4.74 Å². The molecule has 6 heteroatoms. The van der Waals surface area contributed by atoms with Gasteiger partial charge in [0, 0.05) is 31.5 Å². The van der Waals surface area contributed by atoms with E-state index in [0.717, 1.165) is 11.3 Å². The normalized spacial score (nSPS) is 18.9. The third-order valence-electron chi connectivity index (χ3n) is 5.15. The van der Waals surface area contributed by atoms with Gasteiger partial charge in [-0.1, -0.05) is 48.6 Å². The summed E-state index contributed by atoms with van der Waals surface area (Å²) in [6, 6.07) is 14.6. The molecule has 5 nitrogen and oxygen atoms in total. The van der Waals surface area contributed by atoms with Crippen molar-refractivity contribution < 1.29 is 9.53 Å². The first kappa shape index (κ1) is 18.9. The SMILES string of the molecule is CC(C)(C)OC(=O)N1CCC2(CC1)N=C(c1ccc3ccccc3c1)C(=S)N2. The summed E-state index contributed by atoms with van der Waals surface area (Å²) >= 11 is 5.60. The lowest BCUT2D eigenvalue weighted by molar-refractivity contribution is 0.0165. The monoisotopic (exact) mass is 395 g/mol. The molecule has 0 unspecified atom stereocenters. The summed E-state index contributed by atoms with van der Waals surface area (Å²) in [4.78, 5) is 19.7. The molecule has 28 heavy (non-hydrogen) atoms. The van der Waals surface area contributed by atoms with Gasteiger partial charge in [-0.3, -0.25) is 4.99 Å². The van der Waals surface area contributed by atoms with Crippen molar-refractivity contribution in [2.24, 2.45) is 4.99 Å². The Morgan fingerprint density at radius 1 is 1.14 bits per heavy atom. The number of benzene rings is 2. The maximum Gasteiger partial charge on any atom is 0.410 e. The fourth-order valence-corrected chi connectivity index (χ4v) is 4.07. The van der Waals surface area contributed by atoms with Gasteiger partial charge in [-0.05, 0) is 37.6 Å². The van der Waals surface area contributed by atoms with E-state index in [0.29, 0.717) is 30.9 Å². The number of likely N-dealkylation sites (tertiary alicyclic amines) is 1. The Hall–Kier alpha value is -2.47. The number of amides is 1. The van der Waals surface area contributed by atoms with Gasteiger partial charge in [-0.2, -0.15) is 0 Å². The van der Waals surface area contributed by atoms with Crippen LogP contribution in [0.5, 0.6) is 0 Å². The minimum Gasteiger partial charge on any atom is -0.444 e. The quantitative estimate of drug-likeness (QED) is 0.732. The lowest BCUT2D eigenvalue weighted by Crippen LogP contribution is -2.52. The topological polar surface area (TPSA) is 53.9 Å². The Morgan fingerprint density at radius 3 is 2.50 bits per heavy atom. The first-order chi connectivity index (χ1) is 13.2. The second-order valence-electron chi connectivity index (χ2n) is 8.48. The molecule has 2 aliphatic heterocycles. The van der Waals surface area contributed by atoms with Gasteiger partial charge in [-0.15, -0.1) is 0 Å². The summed E-state index contributed by atoms with van der Waals surface area (Å²) in [6.45, 7) is 6.84. The number of carbonyl (C=O) groups is 1. The van der Waals surface area contributed by atoms with Gasteiger partial charge in [-0.25, -0.2) is 4.79 Å². The van der Waals surface area contributed by atoms with Crippen molar-refractivity contribution in [2.75, 3.05) is 13.1 Å². The van der Waals surface area contributed by atoms with Crippen LogP contribution in [0.1, 0.15) is 39.2 Å². The van der Waals surface area contributed by atoms with Crippen LogP contribution in [0.4, 0.5) is 4.79 Å². The highest BCUT2D eigenvalue weighted by molar-refractivity contribution is 7.82. The number of nitrogens with zero attached hydrogens (tertiary/aromatic N) is 2. The average molecular weight is 396 g/mol. The van der Waals surface area contributed by atoms with Crippen LogP contribution in [0.3, 0.4) is 0 Å². The maximum atomic E-state index is 12.3. The highest BCUT2D eigenvalue weighted by atomic mass is 32.1. The minimum atomic E-state index is -0.485. The summed E-state index contributed by atoms with van der Waals surface area (Å²) in [6.07, 6.45) is 1.16. The third kappa shape index (κ3) is 3.74. The molecule has 2 aromatic rings. The van der Waals surface area contributed by atoms with E-state index in [-0.39, 0.29) is 6.09 Å². The number of piperidine rings is 1. The zero-order valence-electron chi connectivity index (χ0n) is 16.5. The van der Waals surface area contributed by atoms with E-state index in [1.807, 2.05) is 32.9 Å². The second kappa shape index (κ2) is 6.85. The molecule has 2 aromatic carbocycles. The van der Waals surface area contributed by atoms with Gasteiger partial charge in [0.05, 0.1) is 0 Å². The molecule has 0 radical (unpaired) electrons. The number of hydrogen-bond donors (Lipinski definition) is 1. The van der Waals surface area contributed by atoms with Gasteiger partial charge in [0.1, 0.15) is 22.0 Å². The molecular formula is C22H25N3O2S. The van der Waals surface area contributed by atoms with Crippen molar-refractivity contribution in [3.8, 4) is 0 Å². The molecule has 1 N–H and O–H groups in total. The fourth-order valence-electron chi connectivity index (χ4n) is 3.72. The van der Waals surface area contributed by atoms with Gasteiger partial charge >= 0.3 is 6.09 Å². The molecule has 146 valence electrons. The predicted octanol–water partition coefficient (Wildman–Crippen LogP) is 4.29. The maximum absolute atomic E-state index is 12.3. The van der Waals surface area contributed by atoms with Crippen molar-refractivity contribution in [1.29, 1.82) is 0 Å². The highest BCUT2D eigenvalue weighted by Crippen LogP contribution is 2.30. The van der Waals surface area contributed by atoms with Gasteiger partial charge in [0.15, 0.2) is 0 Å². The summed E-state index contributed by atoms with van der Waals surface area (Å²) in [7, 11) is 0. The van der Waals surface area contributed by atoms with Crippen LogP contribution in [0.2, 0.25) is 0 Å². The Labute approximate surface area is 170 Å². The molecule has 1 amide bonds. The van der Waals surface area contributed by atoms with Crippen LogP contribution in [0.15, 0.2) is 47.5 Å². The van der Waals surface area contributed by atoms with Crippen molar-refractivity contribution in [3.63, 3.8) is 0 Å². The summed E-state index contributed by atoms with van der Waals surface area (Å²) in [5.74, 6) is 0. The van der Waals surface area contributed by atoms with E-state index >= 15 is 0 Å². The van der Waals surface area contributed by atoms with Gasteiger partial charge in [0.25, 0.3) is 0 Å². The van der Waals surface area contributed by atoms with E-state index in [4.69, 9.17) is 21.9 Å². The standard InChI is InChI=1S/C22H25N3O2S/c1-21(2,3)27-20(26)25-12-10-22(11-13-25)23-18(19(28)24-22)17-9-8-15-6-4-5-7-16(15)14-17/h4-9,14H,10-13H2,1-3H3,(H,24,28). The van der Waals surface area contributed by atoms with Crippen molar-refractivity contribution in [1.82, 2.24) is 10.2 Å².